The minimum absolute atomic E-state index is 0.0483. The van der Waals surface area contributed by atoms with Gasteiger partial charge in [0.15, 0.2) is 12.1 Å². The van der Waals surface area contributed by atoms with Crippen molar-refractivity contribution in [2.24, 2.45) is 23.5 Å². The number of nitrogens with two attached hydrogens (primary N) is 1. The topological polar surface area (TPSA) is 251 Å². The molecule has 0 bridgehead atoms. The number of nitrogens with zero attached hydrogens (tertiary/aromatic N) is 3. The van der Waals surface area contributed by atoms with Crippen LogP contribution in [0, 0.1) is 17.8 Å². The van der Waals surface area contributed by atoms with Gasteiger partial charge >= 0.3 is 11.9 Å². The number of aliphatic hydroxyl groups excluding tert-OH is 4. The van der Waals surface area contributed by atoms with Gasteiger partial charge in [-0.3, -0.25) is 14.4 Å². The summed E-state index contributed by atoms with van der Waals surface area (Å²) in [7, 11) is 0. The Kier molecular flexibility index (Phi) is 21.9. The summed E-state index contributed by atoms with van der Waals surface area (Å²) in [4.78, 5) is 38.0. The lowest BCUT2D eigenvalue weighted by Crippen LogP contribution is -2.40. The Morgan fingerprint density at radius 3 is 1.98 bits per heavy atom. The smallest absolute Gasteiger partial charge is 0.307 e. The molecule has 1 aliphatic heterocycles. The maximum absolute atomic E-state index is 13.0. The van der Waals surface area contributed by atoms with Crippen LogP contribution in [0.5, 0.6) is 0 Å². The van der Waals surface area contributed by atoms with Crippen LogP contribution in [0.2, 0.25) is 0 Å². The zero-order valence-corrected chi connectivity index (χ0v) is 32.0. The van der Waals surface area contributed by atoms with Gasteiger partial charge in [0.05, 0.1) is 30.6 Å². The van der Waals surface area contributed by atoms with Crippen LogP contribution in [0.25, 0.3) is 0 Å². The lowest BCUT2D eigenvalue weighted by molar-refractivity contribution is -0.147. The second-order valence-corrected chi connectivity index (χ2v) is 15.7. The maximum Gasteiger partial charge on any atom is 0.307 e. The number of anilines is 1. The first-order chi connectivity index (χ1) is 24.8. The minimum Gasteiger partial charge on any atom is -0.481 e. The Balaban J connectivity index is 2.01. The fourth-order valence-electron chi connectivity index (χ4n) is 6.74. The molecular formula is C36H65N5O10S. The molecule has 300 valence electrons. The number of nitrogens with one attached hydrogen (secondary N) is 1. The molecule has 52 heavy (non-hydrogen) atoms. The Bertz CT molecular complexity index is 1180. The minimum atomic E-state index is -1.64. The summed E-state index contributed by atoms with van der Waals surface area (Å²) in [6.07, 6.45) is 9.10. The number of rotatable bonds is 29. The van der Waals surface area contributed by atoms with Gasteiger partial charge in [0.25, 0.3) is 0 Å². The van der Waals surface area contributed by atoms with Gasteiger partial charge in [-0.25, -0.2) is 4.68 Å². The summed E-state index contributed by atoms with van der Waals surface area (Å²) in [6, 6.07) is -1.02. The number of hydrogen-bond donors (Lipinski definition) is 8. The van der Waals surface area contributed by atoms with Crippen molar-refractivity contribution >= 4 is 35.4 Å². The predicted molar refractivity (Wildman–Crippen MR) is 198 cm³/mol. The molecule has 0 radical (unpaired) electrons. The van der Waals surface area contributed by atoms with E-state index < -0.39 is 66.4 Å². The van der Waals surface area contributed by atoms with Crippen molar-refractivity contribution in [3.8, 4) is 0 Å². The number of aromatic nitrogens is 3. The Labute approximate surface area is 312 Å². The third-order valence-electron chi connectivity index (χ3n) is 10.0. The standard InChI is InChI=1S/C36H65N5O10S/c1-4-6-8-10-12-13-15-17-24(34(46)47)23(3)19-25(35(48)49)28(18-16-14-11-9-7-5-2)52-22-26(37)33(45)38-29-21-41(40-39-29)20-27(42)32-30(43)31(44)36(50)51-32/h21,23-28,30-32,36,42-44,50H,4-20,22,37H2,1-3H3,(H,38,45)(H,46,47)(H,48,49)/t23?,24-,25+,26-,27+,28?,30+,31+,32?,36?/m1/s1. The van der Waals surface area contributed by atoms with E-state index in [-0.39, 0.29) is 35.7 Å². The van der Waals surface area contributed by atoms with Gasteiger partial charge in [-0.2, -0.15) is 11.8 Å². The molecule has 1 saturated heterocycles. The maximum atomic E-state index is 13.0. The molecule has 0 aliphatic carbocycles. The van der Waals surface area contributed by atoms with Crippen LogP contribution in [0.3, 0.4) is 0 Å². The summed E-state index contributed by atoms with van der Waals surface area (Å²) in [5.74, 6) is -4.05. The number of carboxylic acid groups (broad SMARTS) is 2. The molecule has 2 rings (SSSR count). The lowest BCUT2D eigenvalue weighted by Gasteiger charge is -2.29. The van der Waals surface area contributed by atoms with E-state index in [1.165, 1.54) is 41.9 Å². The molecule has 1 aliphatic rings. The number of carbonyl (C=O) groups is 3. The first kappa shape index (κ1) is 45.8. The van der Waals surface area contributed by atoms with E-state index in [1.54, 1.807) is 0 Å². The van der Waals surface area contributed by atoms with Gasteiger partial charge in [-0.05, 0) is 25.2 Å². The van der Waals surface area contributed by atoms with Crippen LogP contribution in [-0.4, -0.2) is 111 Å². The predicted octanol–water partition coefficient (Wildman–Crippen LogP) is 3.76. The first-order valence-electron chi connectivity index (χ1n) is 19.2. The third-order valence-corrected chi connectivity index (χ3v) is 11.5. The monoisotopic (exact) mass is 759 g/mol. The van der Waals surface area contributed by atoms with Crippen LogP contribution >= 0.6 is 11.8 Å². The molecule has 0 saturated carbocycles. The van der Waals surface area contributed by atoms with Crippen molar-refractivity contribution in [1.29, 1.82) is 0 Å². The van der Waals surface area contributed by atoms with Gasteiger partial charge in [-0.15, -0.1) is 5.10 Å². The number of thioether (sulfide) groups is 1. The van der Waals surface area contributed by atoms with Crippen molar-refractivity contribution in [3.63, 3.8) is 0 Å². The van der Waals surface area contributed by atoms with E-state index >= 15 is 0 Å². The van der Waals surface area contributed by atoms with Crippen molar-refractivity contribution in [2.45, 2.75) is 172 Å². The molecule has 1 amide bonds. The van der Waals surface area contributed by atoms with Crippen molar-refractivity contribution in [1.82, 2.24) is 15.0 Å². The number of hydrogen-bond acceptors (Lipinski definition) is 12. The summed E-state index contributed by atoms with van der Waals surface area (Å²) >= 11 is 1.33. The SMILES string of the molecule is CCCCCCCCC[C@@H](C(=O)O)C(C)C[C@H](C(=O)O)C(CCCCCCCC)SC[C@@H](N)C(=O)Nc1cn(C[C@H](O)C2OC(O)[C@@H](O)[C@@H]2O)nn1. The van der Waals surface area contributed by atoms with E-state index in [2.05, 4.69) is 29.5 Å². The lowest BCUT2D eigenvalue weighted by atomic mass is 9.81. The van der Waals surface area contributed by atoms with Crippen molar-refractivity contribution < 1.29 is 49.8 Å². The largest absolute Gasteiger partial charge is 0.481 e. The molecule has 4 unspecified atom stereocenters. The van der Waals surface area contributed by atoms with Crippen LogP contribution in [-0.2, 0) is 25.7 Å². The fraction of sp³-hybridized carbons (Fsp3) is 0.861. The molecule has 16 heteroatoms. The molecular weight excluding hydrogens is 694 g/mol. The number of carbonyl (C=O) groups excluding carboxylic acids is 1. The average molecular weight is 760 g/mol. The van der Waals surface area contributed by atoms with Crippen LogP contribution in [0.4, 0.5) is 5.82 Å². The van der Waals surface area contributed by atoms with E-state index in [9.17, 15) is 45.0 Å². The second-order valence-electron chi connectivity index (χ2n) is 14.4. The molecule has 1 aromatic rings. The van der Waals surface area contributed by atoms with Gasteiger partial charge in [0, 0.05) is 11.0 Å². The highest BCUT2D eigenvalue weighted by atomic mass is 32.2. The van der Waals surface area contributed by atoms with E-state index in [0.29, 0.717) is 12.8 Å². The van der Waals surface area contributed by atoms with Crippen molar-refractivity contribution in [3.05, 3.63) is 6.20 Å². The molecule has 0 spiro atoms. The summed E-state index contributed by atoms with van der Waals surface area (Å²) in [5.41, 5.74) is 6.26. The average Bonchev–Trinajstić information content (AvgIpc) is 3.65. The van der Waals surface area contributed by atoms with Crippen molar-refractivity contribution in [2.75, 3.05) is 11.1 Å². The number of aliphatic carboxylic acids is 2. The Morgan fingerprint density at radius 2 is 1.44 bits per heavy atom. The number of amides is 1. The zero-order valence-electron chi connectivity index (χ0n) is 31.2. The second kappa shape index (κ2) is 24.9. The molecule has 2 heterocycles. The molecule has 1 fully saturated rings. The molecule has 10 atom stereocenters. The quantitative estimate of drug-likeness (QED) is 0.0542. The molecule has 0 aromatic carbocycles. The summed E-state index contributed by atoms with van der Waals surface area (Å²) in [6.45, 7) is 5.93. The van der Waals surface area contributed by atoms with Crippen LogP contribution < -0.4 is 11.1 Å². The van der Waals surface area contributed by atoms with E-state index in [0.717, 1.165) is 64.2 Å². The molecule has 9 N–H and O–H groups in total. The van der Waals surface area contributed by atoms with Gasteiger partial charge in [-0.1, -0.05) is 109 Å². The highest BCUT2D eigenvalue weighted by Gasteiger charge is 2.45. The Morgan fingerprint density at radius 1 is 0.885 bits per heavy atom. The van der Waals surface area contributed by atoms with Crippen LogP contribution in [0.15, 0.2) is 6.20 Å². The molecule has 1 aromatic heterocycles. The van der Waals surface area contributed by atoms with Gasteiger partial charge in [0.2, 0.25) is 5.91 Å². The summed E-state index contributed by atoms with van der Waals surface area (Å²) in [5, 5.41) is 70.1. The number of unbranched alkanes of at least 4 members (excludes halogenated alkanes) is 11. The number of ether oxygens (including phenoxy) is 1. The summed E-state index contributed by atoms with van der Waals surface area (Å²) < 4.78 is 6.21. The highest BCUT2D eigenvalue weighted by Crippen LogP contribution is 2.34. The fourth-order valence-corrected chi connectivity index (χ4v) is 8.14. The van der Waals surface area contributed by atoms with E-state index in [1.807, 2.05) is 6.92 Å². The normalized spacial score (nSPS) is 22.4. The third kappa shape index (κ3) is 15.9. The van der Waals surface area contributed by atoms with E-state index in [4.69, 9.17) is 10.5 Å². The number of aliphatic hydroxyl groups is 4. The Hall–Kier alpha value is -2.34. The first-order valence-corrected chi connectivity index (χ1v) is 20.3. The molecule has 15 nitrogen and oxygen atoms in total. The van der Waals surface area contributed by atoms with Gasteiger partial charge < -0.3 is 46.4 Å². The highest BCUT2D eigenvalue weighted by molar-refractivity contribution is 8.00. The van der Waals surface area contributed by atoms with Crippen LogP contribution in [0.1, 0.15) is 124 Å². The van der Waals surface area contributed by atoms with Gasteiger partial charge in [0.1, 0.15) is 24.4 Å². The number of carboxylic acids is 2. The zero-order chi connectivity index (χ0) is 38.6.